The van der Waals surface area contributed by atoms with E-state index in [4.69, 9.17) is 21.1 Å². The molecular formula is C24H17BrClIN2O3. The number of methoxy groups -OCH3 is 1. The zero-order valence-corrected chi connectivity index (χ0v) is 21.4. The van der Waals surface area contributed by atoms with Crippen LogP contribution in [-0.4, -0.2) is 13.0 Å². The number of amides is 1. The van der Waals surface area contributed by atoms with Crippen molar-refractivity contribution in [1.82, 2.24) is 0 Å². The summed E-state index contributed by atoms with van der Waals surface area (Å²) in [5, 5.41) is 12.9. The molecule has 0 aromatic heterocycles. The molecule has 0 heterocycles. The predicted molar refractivity (Wildman–Crippen MR) is 138 cm³/mol. The van der Waals surface area contributed by atoms with Gasteiger partial charge in [0.2, 0.25) is 0 Å². The molecule has 0 fully saturated rings. The van der Waals surface area contributed by atoms with Gasteiger partial charge in [-0.15, -0.1) is 0 Å². The maximum absolute atomic E-state index is 12.5. The number of nitrogens with zero attached hydrogens (tertiary/aromatic N) is 1. The Labute approximate surface area is 213 Å². The van der Waals surface area contributed by atoms with E-state index in [0.29, 0.717) is 38.9 Å². The standard InChI is InChI=1S/C24H17BrClIN2O3/c1-31-22-12-16(10-17(13-28)24(30)29-20-8-6-19(27)7-9-20)11-21(25)23(22)32-14-15-2-4-18(26)5-3-15/h2-12H,14H2,1H3,(H,29,30)/b17-10+. The molecule has 1 N–H and O–H groups in total. The molecule has 0 radical (unpaired) electrons. The molecule has 0 spiro atoms. The van der Waals surface area contributed by atoms with Crippen LogP contribution in [0.1, 0.15) is 11.1 Å². The van der Waals surface area contributed by atoms with Crippen molar-refractivity contribution in [2.75, 3.05) is 12.4 Å². The molecule has 0 saturated carbocycles. The van der Waals surface area contributed by atoms with Crippen molar-refractivity contribution in [1.29, 1.82) is 5.26 Å². The number of ether oxygens (including phenoxy) is 2. The van der Waals surface area contributed by atoms with Crippen molar-refractivity contribution >= 4 is 67.8 Å². The topological polar surface area (TPSA) is 71.3 Å². The van der Waals surface area contributed by atoms with Gasteiger partial charge in [0.1, 0.15) is 18.2 Å². The summed E-state index contributed by atoms with van der Waals surface area (Å²) in [6.07, 6.45) is 1.50. The van der Waals surface area contributed by atoms with Crippen LogP contribution in [0.25, 0.3) is 6.08 Å². The molecule has 8 heteroatoms. The van der Waals surface area contributed by atoms with Crippen LogP contribution in [0.2, 0.25) is 5.02 Å². The number of hydrogen-bond acceptors (Lipinski definition) is 4. The lowest BCUT2D eigenvalue weighted by Crippen LogP contribution is -2.13. The van der Waals surface area contributed by atoms with Crippen molar-refractivity contribution in [2.24, 2.45) is 0 Å². The highest BCUT2D eigenvalue weighted by Gasteiger charge is 2.14. The number of nitrogens with one attached hydrogen (secondary N) is 1. The summed E-state index contributed by atoms with van der Waals surface area (Å²) in [5.74, 6) is 0.489. The molecule has 32 heavy (non-hydrogen) atoms. The normalized spacial score (nSPS) is 10.9. The largest absolute Gasteiger partial charge is 0.493 e. The van der Waals surface area contributed by atoms with Gasteiger partial charge in [0, 0.05) is 14.3 Å². The molecule has 3 rings (SSSR count). The molecule has 0 saturated heterocycles. The summed E-state index contributed by atoms with van der Waals surface area (Å²) in [7, 11) is 1.53. The number of carbonyl (C=O) groups is 1. The Morgan fingerprint density at radius 2 is 1.88 bits per heavy atom. The van der Waals surface area contributed by atoms with Crippen LogP contribution in [0, 0.1) is 14.9 Å². The van der Waals surface area contributed by atoms with Crippen molar-refractivity contribution in [3.8, 4) is 17.6 Å². The zero-order valence-electron chi connectivity index (χ0n) is 16.9. The molecule has 0 bridgehead atoms. The van der Waals surface area contributed by atoms with Gasteiger partial charge in [0.25, 0.3) is 5.91 Å². The lowest BCUT2D eigenvalue weighted by molar-refractivity contribution is -0.112. The third kappa shape index (κ3) is 6.48. The van der Waals surface area contributed by atoms with E-state index in [1.165, 1.54) is 13.2 Å². The summed E-state index contributed by atoms with van der Waals surface area (Å²) in [4.78, 5) is 12.5. The minimum atomic E-state index is -0.494. The molecule has 0 aliphatic heterocycles. The second-order valence-electron chi connectivity index (χ2n) is 6.58. The third-order valence-electron chi connectivity index (χ3n) is 4.33. The van der Waals surface area contributed by atoms with E-state index in [2.05, 4.69) is 43.8 Å². The molecule has 5 nitrogen and oxygen atoms in total. The number of halogens is 3. The highest BCUT2D eigenvalue weighted by atomic mass is 127. The fraction of sp³-hybridized carbons (Fsp3) is 0.0833. The predicted octanol–water partition coefficient (Wildman–Crippen LogP) is 6.84. The number of carbonyl (C=O) groups excluding carboxylic acids is 1. The summed E-state index contributed by atoms with van der Waals surface area (Å²) in [6.45, 7) is 0.323. The zero-order chi connectivity index (χ0) is 23.1. The molecule has 162 valence electrons. The highest BCUT2D eigenvalue weighted by Crippen LogP contribution is 2.38. The van der Waals surface area contributed by atoms with Gasteiger partial charge < -0.3 is 14.8 Å². The summed E-state index contributed by atoms with van der Waals surface area (Å²) < 4.78 is 13.1. The summed E-state index contributed by atoms with van der Waals surface area (Å²) in [5.41, 5.74) is 2.14. The number of rotatable bonds is 7. The molecule has 0 aliphatic carbocycles. The summed E-state index contributed by atoms with van der Waals surface area (Å²) in [6, 6.07) is 20.1. The van der Waals surface area contributed by atoms with Crippen molar-refractivity contribution in [3.63, 3.8) is 0 Å². The molecule has 0 unspecified atom stereocenters. The van der Waals surface area contributed by atoms with Crippen molar-refractivity contribution in [3.05, 3.63) is 90.4 Å². The first kappa shape index (κ1) is 24.1. The molecule has 1 amide bonds. The maximum atomic E-state index is 12.5. The lowest BCUT2D eigenvalue weighted by Gasteiger charge is -2.14. The first-order valence-corrected chi connectivity index (χ1v) is 11.6. The van der Waals surface area contributed by atoms with Gasteiger partial charge in [0.05, 0.1) is 11.6 Å². The van der Waals surface area contributed by atoms with Gasteiger partial charge in [-0.2, -0.15) is 5.26 Å². The van der Waals surface area contributed by atoms with E-state index in [-0.39, 0.29) is 5.57 Å². The highest BCUT2D eigenvalue weighted by molar-refractivity contribution is 14.1. The van der Waals surface area contributed by atoms with Gasteiger partial charge in [-0.1, -0.05) is 23.7 Å². The average Bonchev–Trinajstić information content (AvgIpc) is 2.79. The van der Waals surface area contributed by atoms with E-state index in [1.807, 2.05) is 30.3 Å². The lowest BCUT2D eigenvalue weighted by atomic mass is 10.1. The average molecular weight is 624 g/mol. The fourth-order valence-electron chi connectivity index (χ4n) is 2.75. The van der Waals surface area contributed by atoms with Gasteiger partial charge in [-0.05, 0) is 104 Å². The van der Waals surface area contributed by atoms with Crippen LogP contribution >= 0.6 is 50.1 Å². The Morgan fingerprint density at radius 3 is 2.50 bits per heavy atom. The minimum absolute atomic E-state index is 0.0349. The Morgan fingerprint density at radius 1 is 1.19 bits per heavy atom. The number of hydrogen-bond donors (Lipinski definition) is 1. The van der Waals surface area contributed by atoms with E-state index in [9.17, 15) is 10.1 Å². The second-order valence-corrected chi connectivity index (χ2v) is 9.12. The number of benzene rings is 3. The summed E-state index contributed by atoms with van der Waals surface area (Å²) >= 11 is 11.6. The molecule has 3 aromatic carbocycles. The molecule has 0 atom stereocenters. The van der Waals surface area contributed by atoms with Crippen molar-refractivity contribution < 1.29 is 14.3 Å². The smallest absolute Gasteiger partial charge is 0.266 e. The van der Waals surface area contributed by atoms with Crippen molar-refractivity contribution in [2.45, 2.75) is 6.61 Å². The second kappa shape index (κ2) is 11.4. The first-order chi connectivity index (χ1) is 15.4. The van der Waals surface area contributed by atoms with Crippen LogP contribution in [0.4, 0.5) is 5.69 Å². The van der Waals surface area contributed by atoms with Crippen LogP contribution < -0.4 is 14.8 Å². The maximum Gasteiger partial charge on any atom is 0.266 e. The minimum Gasteiger partial charge on any atom is -0.493 e. The molecule has 3 aromatic rings. The van der Waals surface area contributed by atoms with Crippen LogP contribution in [0.3, 0.4) is 0 Å². The van der Waals surface area contributed by atoms with Gasteiger partial charge >= 0.3 is 0 Å². The number of nitriles is 1. The van der Waals surface area contributed by atoms with Crippen LogP contribution in [-0.2, 0) is 11.4 Å². The Bertz CT molecular complexity index is 1190. The van der Waals surface area contributed by atoms with Crippen LogP contribution in [0.5, 0.6) is 11.5 Å². The molecular weight excluding hydrogens is 607 g/mol. The molecule has 0 aliphatic rings. The van der Waals surface area contributed by atoms with E-state index >= 15 is 0 Å². The van der Waals surface area contributed by atoms with E-state index < -0.39 is 5.91 Å². The van der Waals surface area contributed by atoms with Gasteiger partial charge in [0.15, 0.2) is 11.5 Å². The number of anilines is 1. The van der Waals surface area contributed by atoms with E-state index in [0.717, 1.165) is 9.13 Å². The van der Waals surface area contributed by atoms with Gasteiger partial charge in [-0.3, -0.25) is 4.79 Å². The van der Waals surface area contributed by atoms with E-state index in [1.54, 1.807) is 36.4 Å². The SMILES string of the molecule is COc1cc(/C=C(\C#N)C(=O)Nc2ccc(I)cc2)cc(Br)c1OCc1ccc(Cl)cc1. The van der Waals surface area contributed by atoms with Gasteiger partial charge in [-0.25, -0.2) is 0 Å². The quantitative estimate of drug-likeness (QED) is 0.178. The Hall–Kier alpha value is -2.54. The monoisotopic (exact) mass is 622 g/mol. The fourth-order valence-corrected chi connectivity index (χ4v) is 3.81. The third-order valence-corrected chi connectivity index (χ3v) is 5.89. The first-order valence-electron chi connectivity index (χ1n) is 9.33. The Balaban J connectivity index is 1.80. The Kier molecular flexibility index (Phi) is 8.56. The van der Waals surface area contributed by atoms with Crippen LogP contribution in [0.15, 0.2) is 70.7 Å².